The van der Waals surface area contributed by atoms with E-state index in [0.29, 0.717) is 11.6 Å². The monoisotopic (exact) mass is 332 g/mol. The molecule has 2 N–H and O–H groups in total. The lowest BCUT2D eigenvalue weighted by molar-refractivity contribution is -0.137. The molecule has 0 aromatic carbocycles. The Balaban J connectivity index is 1.48. The van der Waals surface area contributed by atoms with Gasteiger partial charge < -0.3 is 14.5 Å². The third-order valence-electron chi connectivity index (χ3n) is 5.40. The van der Waals surface area contributed by atoms with Gasteiger partial charge in [0, 0.05) is 6.54 Å². The Morgan fingerprint density at radius 2 is 2.13 bits per heavy atom. The smallest absolute Gasteiger partial charge is 0.192 e. The molecule has 0 saturated carbocycles. The molecule has 122 valence electrons. The Morgan fingerprint density at radius 3 is 2.87 bits per heavy atom. The summed E-state index contributed by atoms with van der Waals surface area (Å²) in [6, 6.07) is 0. The van der Waals surface area contributed by atoms with Crippen LogP contribution in [-0.2, 0) is 4.74 Å². The third kappa shape index (κ3) is 2.09. The first-order chi connectivity index (χ1) is 11.1. The van der Waals surface area contributed by atoms with Crippen molar-refractivity contribution in [1.82, 2.24) is 19.9 Å². The van der Waals surface area contributed by atoms with Crippen LogP contribution in [-0.4, -0.2) is 58.0 Å². The van der Waals surface area contributed by atoms with E-state index in [1.165, 1.54) is 25.9 Å². The molecule has 6 heterocycles. The number of hydrogen-bond acceptors (Lipinski definition) is 8. The molecule has 0 aliphatic carbocycles. The minimum Gasteiger partial charge on any atom is -0.335 e. The van der Waals surface area contributed by atoms with E-state index in [2.05, 4.69) is 24.8 Å². The summed E-state index contributed by atoms with van der Waals surface area (Å²) in [5.74, 6) is 0.608. The fraction of sp³-hybridized carbons (Fsp3) is 0.667. The van der Waals surface area contributed by atoms with Gasteiger partial charge in [0.2, 0.25) is 0 Å². The van der Waals surface area contributed by atoms with Gasteiger partial charge in [-0.05, 0) is 38.8 Å². The molecule has 4 aliphatic rings. The first kappa shape index (κ1) is 14.0. The molecular formula is C15H20N6OS. The van der Waals surface area contributed by atoms with Crippen LogP contribution in [0.25, 0.3) is 10.5 Å². The zero-order valence-corrected chi connectivity index (χ0v) is 13.9. The van der Waals surface area contributed by atoms with Gasteiger partial charge in [-0.15, -0.1) is 0 Å². The van der Waals surface area contributed by atoms with E-state index in [1.54, 1.807) is 17.5 Å². The maximum Gasteiger partial charge on any atom is 0.192 e. The Morgan fingerprint density at radius 1 is 1.30 bits per heavy atom. The van der Waals surface area contributed by atoms with Gasteiger partial charge in [-0.3, -0.25) is 5.73 Å². The fourth-order valence-electron chi connectivity index (χ4n) is 4.25. The molecule has 7 nitrogen and oxygen atoms in total. The summed E-state index contributed by atoms with van der Waals surface area (Å²) in [7, 11) is 0. The first-order valence-corrected chi connectivity index (χ1v) is 8.97. The molecule has 4 aliphatic heterocycles. The van der Waals surface area contributed by atoms with Crippen LogP contribution in [0, 0.1) is 12.8 Å². The van der Waals surface area contributed by atoms with E-state index in [0.717, 1.165) is 28.7 Å². The van der Waals surface area contributed by atoms with Crippen molar-refractivity contribution in [3.8, 4) is 0 Å². The van der Waals surface area contributed by atoms with Crippen molar-refractivity contribution in [1.29, 1.82) is 0 Å². The number of hydrogen-bond donors (Lipinski definition) is 1. The Labute approximate surface area is 138 Å². The zero-order chi connectivity index (χ0) is 15.6. The normalized spacial score (nSPS) is 36.4. The second-order valence-corrected chi connectivity index (χ2v) is 7.84. The second-order valence-electron chi connectivity index (χ2n) is 6.89. The summed E-state index contributed by atoms with van der Waals surface area (Å²) < 4.78 is 6.30. The number of anilines is 1. The molecule has 4 fully saturated rings. The summed E-state index contributed by atoms with van der Waals surface area (Å²) in [6.45, 7) is 6.13. The fourth-order valence-corrected chi connectivity index (χ4v) is 5.22. The third-order valence-corrected chi connectivity index (χ3v) is 6.38. The van der Waals surface area contributed by atoms with Gasteiger partial charge >= 0.3 is 0 Å². The van der Waals surface area contributed by atoms with Crippen molar-refractivity contribution in [2.24, 2.45) is 11.7 Å². The topological polar surface area (TPSA) is 80.4 Å². The lowest BCUT2D eigenvalue weighted by Crippen LogP contribution is -2.61. The van der Waals surface area contributed by atoms with Crippen molar-refractivity contribution in [2.75, 3.05) is 31.1 Å². The summed E-state index contributed by atoms with van der Waals surface area (Å²) in [5, 5.41) is 0.867. The quantitative estimate of drug-likeness (QED) is 0.832. The van der Waals surface area contributed by atoms with Gasteiger partial charge in [0.1, 0.15) is 5.60 Å². The van der Waals surface area contributed by atoms with Crippen LogP contribution in [0.2, 0.25) is 0 Å². The molecule has 4 saturated heterocycles. The zero-order valence-electron chi connectivity index (χ0n) is 13.1. The Kier molecular flexibility index (Phi) is 2.94. The molecular weight excluding hydrogens is 312 g/mol. The highest BCUT2D eigenvalue weighted by atomic mass is 32.1. The van der Waals surface area contributed by atoms with Crippen LogP contribution in [0.3, 0.4) is 0 Å². The number of nitrogens with zero attached hydrogens (tertiary/aromatic N) is 5. The molecule has 2 aromatic rings. The van der Waals surface area contributed by atoms with Crippen molar-refractivity contribution >= 4 is 26.9 Å². The highest BCUT2D eigenvalue weighted by molar-refractivity contribution is 7.21. The Bertz CT molecular complexity index is 758. The van der Waals surface area contributed by atoms with E-state index in [9.17, 15) is 0 Å². The minimum atomic E-state index is -0.433. The average molecular weight is 332 g/mol. The standard InChI is InChI=1S/C15H20N6OS/c1-9-6-17-11-12(18-9)23-14(19-11)21-8-15(22-13(21)16)7-20-4-2-10(15)3-5-20/h6,10,13H,2-5,7-8,16H2,1H3. The number of piperidine rings is 3. The van der Waals surface area contributed by atoms with Crippen LogP contribution in [0.1, 0.15) is 18.5 Å². The molecule has 2 aromatic heterocycles. The van der Waals surface area contributed by atoms with Gasteiger partial charge in [0.05, 0.1) is 18.4 Å². The minimum absolute atomic E-state index is 0.134. The van der Waals surface area contributed by atoms with E-state index in [-0.39, 0.29) is 5.60 Å². The van der Waals surface area contributed by atoms with Gasteiger partial charge in [-0.25, -0.2) is 9.97 Å². The Hall–Kier alpha value is -1.35. The van der Waals surface area contributed by atoms with Crippen molar-refractivity contribution in [3.63, 3.8) is 0 Å². The van der Waals surface area contributed by atoms with Crippen LogP contribution >= 0.6 is 11.3 Å². The number of aromatic nitrogens is 3. The van der Waals surface area contributed by atoms with Crippen LogP contribution in [0.5, 0.6) is 0 Å². The SMILES string of the molecule is Cc1cnc2nc(N3CC4(CN5CCC4CC5)OC3N)sc2n1. The predicted octanol–water partition coefficient (Wildman–Crippen LogP) is 0.938. The summed E-state index contributed by atoms with van der Waals surface area (Å²) >= 11 is 1.55. The number of rotatable bonds is 1. The molecule has 23 heavy (non-hydrogen) atoms. The number of fused-ring (bicyclic) bond motifs is 3. The van der Waals surface area contributed by atoms with E-state index < -0.39 is 6.35 Å². The van der Waals surface area contributed by atoms with Crippen molar-refractivity contribution in [2.45, 2.75) is 31.7 Å². The predicted molar refractivity (Wildman–Crippen MR) is 88.2 cm³/mol. The largest absolute Gasteiger partial charge is 0.335 e. The molecule has 2 unspecified atom stereocenters. The van der Waals surface area contributed by atoms with E-state index >= 15 is 0 Å². The summed E-state index contributed by atoms with van der Waals surface area (Å²) in [6.07, 6.45) is 3.74. The van der Waals surface area contributed by atoms with Crippen LogP contribution in [0.15, 0.2) is 6.20 Å². The summed E-state index contributed by atoms with van der Waals surface area (Å²) in [4.78, 5) is 18.9. The van der Waals surface area contributed by atoms with Crippen LogP contribution in [0.4, 0.5) is 5.13 Å². The second kappa shape index (κ2) is 4.83. The van der Waals surface area contributed by atoms with Crippen molar-refractivity contribution < 1.29 is 4.74 Å². The molecule has 1 spiro atoms. The lowest BCUT2D eigenvalue weighted by Gasteiger charge is -2.50. The number of aryl methyl sites for hydroxylation is 1. The molecule has 2 atom stereocenters. The van der Waals surface area contributed by atoms with Gasteiger partial charge in [-0.1, -0.05) is 11.3 Å². The average Bonchev–Trinajstić information content (AvgIpc) is 3.09. The van der Waals surface area contributed by atoms with Gasteiger partial charge in [-0.2, -0.15) is 4.98 Å². The highest BCUT2D eigenvalue weighted by Crippen LogP contribution is 2.44. The molecule has 6 rings (SSSR count). The van der Waals surface area contributed by atoms with Crippen LogP contribution < -0.4 is 10.6 Å². The molecule has 0 radical (unpaired) electrons. The first-order valence-electron chi connectivity index (χ1n) is 8.16. The van der Waals surface area contributed by atoms with Gasteiger partial charge in [0.15, 0.2) is 22.0 Å². The van der Waals surface area contributed by atoms with Crippen molar-refractivity contribution in [3.05, 3.63) is 11.9 Å². The highest BCUT2D eigenvalue weighted by Gasteiger charge is 2.54. The van der Waals surface area contributed by atoms with Gasteiger partial charge in [0.25, 0.3) is 0 Å². The maximum atomic E-state index is 6.31. The number of ether oxygens (including phenoxy) is 1. The summed E-state index contributed by atoms with van der Waals surface area (Å²) in [5.41, 5.74) is 7.78. The molecule has 8 heteroatoms. The lowest BCUT2D eigenvalue weighted by atomic mass is 9.75. The maximum absolute atomic E-state index is 6.31. The molecule has 2 bridgehead atoms. The van der Waals surface area contributed by atoms with E-state index in [1.807, 2.05) is 6.92 Å². The number of thiazole rings is 1. The molecule has 0 amide bonds. The van der Waals surface area contributed by atoms with E-state index in [4.69, 9.17) is 10.5 Å². The number of nitrogens with two attached hydrogens (primary N) is 1.